The van der Waals surface area contributed by atoms with Crippen molar-refractivity contribution < 1.29 is 12.9 Å². The maximum absolute atomic E-state index is 13.0. The predicted molar refractivity (Wildman–Crippen MR) is 96.0 cm³/mol. The van der Waals surface area contributed by atoms with Crippen LogP contribution < -0.4 is 4.72 Å². The van der Waals surface area contributed by atoms with Crippen LogP contribution in [0.3, 0.4) is 0 Å². The van der Waals surface area contributed by atoms with Crippen molar-refractivity contribution >= 4 is 27.0 Å². The van der Waals surface area contributed by atoms with Crippen LogP contribution in [0.2, 0.25) is 0 Å². The van der Waals surface area contributed by atoms with E-state index in [4.69, 9.17) is 4.52 Å². The Morgan fingerprint density at radius 3 is 2.29 bits per heavy atom. The van der Waals surface area contributed by atoms with Crippen LogP contribution in [-0.2, 0) is 10.0 Å². The van der Waals surface area contributed by atoms with Crippen molar-refractivity contribution in [2.24, 2.45) is 0 Å². The van der Waals surface area contributed by atoms with Gasteiger partial charge in [-0.2, -0.15) is 0 Å². The molecule has 0 atom stereocenters. The van der Waals surface area contributed by atoms with Gasteiger partial charge in [-0.05, 0) is 39.8 Å². The molecule has 24 heavy (non-hydrogen) atoms. The van der Waals surface area contributed by atoms with Gasteiger partial charge in [0.1, 0.15) is 4.90 Å². The zero-order chi connectivity index (χ0) is 17.5. The van der Waals surface area contributed by atoms with Crippen molar-refractivity contribution in [3.8, 4) is 11.3 Å². The molecule has 0 spiro atoms. The number of benzene rings is 1. The highest BCUT2D eigenvalue weighted by atomic mass is 32.2. The van der Waals surface area contributed by atoms with Gasteiger partial charge in [0.05, 0.1) is 11.3 Å². The molecule has 1 aromatic carbocycles. The zero-order valence-electron chi connectivity index (χ0n) is 13.9. The van der Waals surface area contributed by atoms with E-state index in [1.165, 1.54) is 11.3 Å². The largest absolute Gasteiger partial charge is 0.356 e. The topological polar surface area (TPSA) is 72.2 Å². The number of nitrogens with one attached hydrogen (secondary N) is 1. The van der Waals surface area contributed by atoms with E-state index in [-0.39, 0.29) is 4.90 Å². The van der Waals surface area contributed by atoms with Crippen LogP contribution in [0.4, 0.5) is 5.69 Å². The van der Waals surface area contributed by atoms with Gasteiger partial charge in [0.15, 0.2) is 5.76 Å². The van der Waals surface area contributed by atoms with E-state index in [0.717, 1.165) is 21.0 Å². The Hall–Kier alpha value is -2.12. The van der Waals surface area contributed by atoms with Crippen molar-refractivity contribution in [2.45, 2.75) is 32.6 Å². The lowest BCUT2D eigenvalue weighted by molar-refractivity contribution is 0.426. The van der Waals surface area contributed by atoms with Crippen LogP contribution in [0.25, 0.3) is 11.3 Å². The SMILES string of the molecule is Cc1noc(-c2c(C)sc(C)c2S(=O)(=O)Nc2ccccc2)c1C. The number of sulfonamides is 1. The molecule has 1 N–H and O–H groups in total. The normalized spacial score (nSPS) is 11.7. The van der Waals surface area contributed by atoms with Crippen molar-refractivity contribution in [1.82, 2.24) is 5.16 Å². The summed E-state index contributed by atoms with van der Waals surface area (Å²) in [6.45, 7) is 7.42. The van der Waals surface area contributed by atoms with E-state index >= 15 is 0 Å². The number of aryl methyl sites for hydroxylation is 3. The lowest BCUT2D eigenvalue weighted by Gasteiger charge is -2.10. The molecule has 126 valence electrons. The summed E-state index contributed by atoms with van der Waals surface area (Å²) in [7, 11) is -3.74. The Morgan fingerprint density at radius 1 is 1.04 bits per heavy atom. The molecule has 0 fully saturated rings. The van der Waals surface area contributed by atoms with Crippen LogP contribution >= 0.6 is 11.3 Å². The van der Waals surface area contributed by atoms with Crippen LogP contribution in [0.1, 0.15) is 21.0 Å². The highest BCUT2D eigenvalue weighted by Gasteiger charge is 2.29. The molecule has 0 aliphatic rings. The number of hydrogen-bond acceptors (Lipinski definition) is 5. The average Bonchev–Trinajstić information content (AvgIpc) is 2.99. The second kappa shape index (κ2) is 6.07. The molecule has 3 aromatic rings. The van der Waals surface area contributed by atoms with Crippen LogP contribution in [0, 0.1) is 27.7 Å². The number of anilines is 1. The van der Waals surface area contributed by atoms with Crippen molar-refractivity contribution in [3.05, 3.63) is 51.3 Å². The van der Waals surface area contributed by atoms with Crippen molar-refractivity contribution in [1.29, 1.82) is 0 Å². The first-order chi connectivity index (χ1) is 11.3. The van der Waals surface area contributed by atoms with Gasteiger partial charge in [-0.15, -0.1) is 11.3 Å². The van der Waals surface area contributed by atoms with Gasteiger partial charge in [-0.1, -0.05) is 23.4 Å². The van der Waals surface area contributed by atoms with Gasteiger partial charge >= 0.3 is 0 Å². The third kappa shape index (κ3) is 2.85. The maximum atomic E-state index is 13.0. The van der Waals surface area contributed by atoms with Crippen molar-refractivity contribution in [3.63, 3.8) is 0 Å². The Kier molecular flexibility index (Phi) is 4.23. The molecule has 7 heteroatoms. The number of para-hydroxylation sites is 1. The summed E-state index contributed by atoms with van der Waals surface area (Å²) in [6.07, 6.45) is 0. The van der Waals surface area contributed by atoms with Crippen molar-refractivity contribution in [2.75, 3.05) is 4.72 Å². The summed E-state index contributed by atoms with van der Waals surface area (Å²) in [5, 5.41) is 3.96. The quantitative estimate of drug-likeness (QED) is 0.745. The molecule has 0 saturated heterocycles. The Balaban J connectivity index is 2.16. The number of hydrogen-bond donors (Lipinski definition) is 1. The standard InChI is InChI=1S/C17H18N2O3S2/c1-10-11(2)18-22-16(10)15-12(3)23-13(4)17(15)24(20,21)19-14-8-6-5-7-9-14/h5-9,19H,1-4H3. The van der Waals surface area contributed by atoms with E-state index < -0.39 is 10.0 Å². The molecular formula is C17H18N2O3S2. The second-order valence-corrected chi connectivity index (χ2v) is 8.66. The lowest BCUT2D eigenvalue weighted by atomic mass is 10.1. The van der Waals surface area contributed by atoms with Crippen LogP contribution in [0.15, 0.2) is 39.8 Å². The Bertz CT molecular complexity index is 987. The predicted octanol–water partition coefficient (Wildman–Crippen LogP) is 4.44. The molecule has 0 unspecified atom stereocenters. The average molecular weight is 362 g/mol. The van der Waals surface area contributed by atoms with E-state index in [1.807, 2.05) is 26.8 Å². The van der Waals surface area contributed by atoms with E-state index in [9.17, 15) is 8.42 Å². The summed E-state index contributed by atoms with van der Waals surface area (Å²) in [5.74, 6) is 0.516. The van der Waals surface area contributed by atoms with Gasteiger partial charge in [-0.3, -0.25) is 4.72 Å². The minimum absolute atomic E-state index is 0.258. The highest BCUT2D eigenvalue weighted by Crippen LogP contribution is 2.41. The van der Waals surface area contributed by atoms with E-state index in [0.29, 0.717) is 17.0 Å². The fraction of sp³-hybridized carbons (Fsp3) is 0.235. The zero-order valence-corrected chi connectivity index (χ0v) is 15.5. The molecule has 0 bridgehead atoms. The Morgan fingerprint density at radius 2 is 1.71 bits per heavy atom. The smallest absolute Gasteiger partial charge is 0.263 e. The molecule has 3 rings (SSSR count). The van der Waals surface area contributed by atoms with Gasteiger partial charge in [0.2, 0.25) is 0 Å². The molecule has 0 radical (unpaired) electrons. The first-order valence-electron chi connectivity index (χ1n) is 7.42. The number of nitrogens with zero attached hydrogens (tertiary/aromatic N) is 1. The van der Waals surface area contributed by atoms with Crippen LogP contribution in [0.5, 0.6) is 0 Å². The summed E-state index contributed by atoms with van der Waals surface area (Å²) in [6, 6.07) is 8.85. The number of rotatable bonds is 4. The van der Waals surface area contributed by atoms with E-state index in [2.05, 4.69) is 9.88 Å². The third-order valence-corrected chi connectivity index (χ3v) is 6.59. The summed E-state index contributed by atoms with van der Waals surface area (Å²) in [4.78, 5) is 1.87. The van der Waals surface area contributed by atoms with Gasteiger partial charge in [0.25, 0.3) is 10.0 Å². The maximum Gasteiger partial charge on any atom is 0.263 e. The minimum Gasteiger partial charge on any atom is -0.356 e. The summed E-state index contributed by atoms with van der Waals surface area (Å²) < 4.78 is 34.0. The Labute approximate surface area is 145 Å². The van der Waals surface area contributed by atoms with E-state index in [1.54, 1.807) is 31.2 Å². The second-order valence-electron chi connectivity index (χ2n) is 5.61. The molecule has 0 aliphatic heterocycles. The molecule has 5 nitrogen and oxygen atoms in total. The molecule has 2 heterocycles. The number of aromatic nitrogens is 1. The minimum atomic E-state index is -3.74. The first-order valence-corrected chi connectivity index (χ1v) is 9.72. The summed E-state index contributed by atoms with van der Waals surface area (Å²) >= 11 is 1.44. The molecule has 0 saturated carbocycles. The third-order valence-electron chi connectivity index (χ3n) is 3.88. The number of thiophene rings is 1. The first kappa shape index (κ1) is 16.7. The summed E-state index contributed by atoms with van der Waals surface area (Å²) in [5.41, 5.74) is 2.73. The van der Waals surface area contributed by atoms with Crippen LogP contribution in [-0.4, -0.2) is 13.6 Å². The fourth-order valence-electron chi connectivity index (χ4n) is 2.61. The van der Waals surface area contributed by atoms with Gasteiger partial charge in [-0.25, -0.2) is 8.42 Å². The fourth-order valence-corrected chi connectivity index (χ4v) is 5.52. The van der Waals surface area contributed by atoms with Gasteiger partial charge in [0, 0.05) is 21.0 Å². The molecule has 0 aliphatic carbocycles. The molecule has 0 amide bonds. The highest BCUT2D eigenvalue weighted by molar-refractivity contribution is 7.93. The van der Waals surface area contributed by atoms with Gasteiger partial charge < -0.3 is 4.52 Å². The lowest BCUT2D eigenvalue weighted by Crippen LogP contribution is -2.14. The monoisotopic (exact) mass is 362 g/mol. The molecular weight excluding hydrogens is 344 g/mol. The molecule has 2 aromatic heterocycles.